The second-order valence-electron chi connectivity index (χ2n) is 7.44. The molecule has 0 atom stereocenters. The van der Waals surface area contributed by atoms with Crippen LogP contribution in [0.15, 0.2) is 39.9 Å². The Labute approximate surface area is 195 Å². The van der Waals surface area contributed by atoms with Gasteiger partial charge in [0.2, 0.25) is 0 Å². The van der Waals surface area contributed by atoms with E-state index in [4.69, 9.17) is 26.5 Å². The molecule has 0 fully saturated rings. The van der Waals surface area contributed by atoms with Gasteiger partial charge in [-0.25, -0.2) is 14.2 Å². The predicted octanol–water partition coefficient (Wildman–Crippen LogP) is 4.00. The maximum atomic E-state index is 13.6. The van der Waals surface area contributed by atoms with E-state index in [0.29, 0.717) is 28.8 Å². The molecular formula is C24H26ClN3O5. The number of ether oxygens (including phenoxy) is 2. The molecule has 0 aliphatic carbocycles. The van der Waals surface area contributed by atoms with Crippen LogP contribution in [0, 0.1) is 19.3 Å². The van der Waals surface area contributed by atoms with Gasteiger partial charge in [-0.2, -0.15) is 0 Å². The largest absolute Gasteiger partial charge is 0.481 e. The van der Waals surface area contributed by atoms with Gasteiger partial charge in [0.25, 0.3) is 5.56 Å². The van der Waals surface area contributed by atoms with Crippen LogP contribution in [0.1, 0.15) is 41.8 Å². The normalized spacial score (nSPS) is 10.9. The highest BCUT2D eigenvalue weighted by atomic mass is 35.5. The lowest BCUT2D eigenvalue weighted by Crippen LogP contribution is -2.40. The van der Waals surface area contributed by atoms with Gasteiger partial charge in [0, 0.05) is 13.0 Å². The molecule has 2 aromatic carbocycles. The third-order valence-electron chi connectivity index (χ3n) is 5.34. The first-order valence-corrected chi connectivity index (χ1v) is 11.0. The molecule has 8 nitrogen and oxygen atoms in total. The van der Waals surface area contributed by atoms with Gasteiger partial charge in [0.15, 0.2) is 5.90 Å². The zero-order chi connectivity index (χ0) is 24.3. The lowest BCUT2D eigenvalue weighted by atomic mass is 9.98. The Morgan fingerprint density at radius 1 is 1.09 bits per heavy atom. The fourth-order valence-corrected chi connectivity index (χ4v) is 4.13. The Bertz CT molecular complexity index is 1360. The van der Waals surface area contributed by atoms with E-state index >= 15 is 0 Å². The van der Waals surface area contributed by atoms with Crippen molar-refractivity contribution in [2.75, 3.05) is 13.2 Å². The molecule has 0 bridgehead atoms. The minimum atomic E-state index is -0.590. The number of nitrogens with one attached hydrogen (secondary N) is 1. The van der Waals surface area contributed by atoms with Gasteiger partial charge < -0.3 is 9.47 Å². The number of hydrogen-bond acceptors (Lipinski definition) is 6. The summed E-state index contributed by atoms with van der Waals surface area (Å²) in [5.74, 6) is -0.501. The lowest BCUT2D eigenvalue weighted by Gasteiger charge is -2.18. The number of nitrogens with zero attached hydrogens (tertiary/aromatic N) is 2. The quantitative estimate of drug-likeness (QED) is 0.318. The van der Waals surface area contributed by atoms with Gasteiger partial charge in [0.1, 0.15) is 0 Å². The first-order valence-electron chi connectivity index (χ1n) is 10.6. The second-order valence-corrected chi connectivity index (χ2v) is 7.85. The van der Waals surface area contributed by atoms with Crippen LogP contribution in [-0.4, -0.2) is 34.2 Å². The van der Waals surface area contributed by atoms with Crippen LogP contribution in [0.5, 0.6) is 0 Å². The molecule has 0 spiro atoms. The molecule has 33 heavy (non-hydrogen) atoms. The monoisotopic (exact) mass is 471 g/mol. The number of aromatic nitrogens is 2. The number of esters is 1. The molecule has 174 valence electrons. The van der Waals surface area contributed by atoms with Gasteiger partial charge in [-0.3, -0.25) is 14.8 Å². The van der Waals surface area contributed by atoms with Crippen molar-refractivity contribution in [1.82, 2.24) is 9.13 Å². The maximum Gasteiger partial charge on any atom is 0.338 e. The van der Waals surface area contributed by atoms with Crippen LogP contribution in [0.4, 0.5) is 0 Å². The molecule has 0 radical (unpaired) electrons. The van der Waals surface area contributed by atoms with Crippen molar-refractivity contribution in [3.05, 3.63) is 72.9 Å². The molecule has 3 aromatic rings. The summed E-state index contributed by atoms with van der Waals surface area (Å²) in [4.78, 5) is 39.8. The number of rotatable bonds is 7. The van der Waals surface area contributed by atoms with E-state index < -0.39 is 17.2 Å². The van der Waals surface area contributed by atoms with Crippen LogP contribution in [0.25, 0.3) is 16.6 Å². The Kier molecular flexibility index (Phi) is 7.38. The molecule has 0 aliphatic heterocycles. The van der Waals surface area contributed by atoms with Crippen molar-refractivity contribution in [2.24, 2.45) is 0 Å². The standard InChI is InChI=1S/C24H26ClN3O5/c1-5-32-19(26)11-12-27-18-13-14(3)20(23(30)33-6-2)15(4)21(18)22(29)28(24(27)31)17-10-8-7-9-16(17)25/h7-10,13,26H,5-6,11-12H2,1-4H3. The van der Waals surface area contributed by atoms with Gasteiger partial charge in [-0.1, -0.05) is 23.7 Å². The number of carbonyl (C=O) groups is 1. The second kappa shape index (κ2) is 10.0. The molecule has 0 amide bonds. The average molecular weight is 472 g/mol. The highest BCUT2D eigenvalue weighted by molar-refractivity contribution is 6.32. The molecule has 9 heteroatoms. The third kappa shape index (κ3) is 4.57. The van der Waals surface area contributed by atoms with Crippen molar-refractivity contribution in [3.63, 3.8) is 0 Å². The predicted molar refractivity (Wildman–Crippen MR) is 128 cm³/mol. The minimum absolute atomic E-state index is 0.0321. The Hall–Kier alpha value is -3.39. The Balaban J connectivity index is 2.41. The van der Waals surface area contributed by atoms with E-state index in [-0.39, 0.29) is 41.6 Å². The summed E-state index contributed by atoms with van der Waals surface area (Å²) in [6, 6.07) is 8.19. The summed E-state index contributed by atoms with van der Waals surface area (Å²) in [6.45, 7) is 7.52. The molecule has 0 unspecified atom stereocenters. The average Bonchev–Trinajstić information content (AvgIpc) is 2.75. The van der Waals surface area contributed by atoms with Crippen LogP contribution in [-0.2, 0) is 16.0 Å². The highest BCUT2D eigenvalue weighted by Gasteiger charge is 2.23. The molecular weight excluding hydrogens is 446 g/mol. The smallest absolute Gasteiger partial charge is 0.338 e. The number of hydrogen-bond donors (Lipinski definition) is 1. The summed E-state index contributed by atoms with van der Waals surface area (Å²) in [5.41, 5.74) is 0.738. The molecule has 0 aliphatic rings. The zero-order valence-electron chi connectivity index (χ0n) is 19.0. The Morgan fingerprint density at radius 3 is 2.39 bits per heavy atom. The number of para-hydroxylation sites is 1. The summed E-state index contributed by atoms with van der Waals surface area (Å²) in [6.07, 6.45) is 0.154. The molecule has 1 heterocycles. The minimum Gasteiger partial charge on any atom is -0.481 e. The molecule has 1 aromatic heterocycles. The van der Waals surface area contributed by atoms with Crippen molar-refractivity contribution in [1.29, 1.82) is 5.41 Å². The van der Waals surface area contributed by atoms with Crippen LogP contribution < -0.4 is 11.2 Å². The van der Waals surface area contributed by atoms with Gasteiger partial charge in [-0.05, 0) is 57.0 Å². The van der Waals surface area contributed by atoms with Crippen LogP contribution in [0.3, 0.4) is 0 Å². The third-order valence-corrected chi connectivity index (χ3v) is 5.66. The van der Waals surface area contributed by atoms with Gasteiger partial charge in [-0.15, -0.1) is 0 Å². The lowest BCUT2D eigenvalue weighted by molar-refractivity contribution is 0.0525. The molecule has 0 saturated carbocycles. The number of carbonyl (C=O) groups excluding carboxylic acids is 1. The maximum absolute atomic E-state index is 13.6. The number of fused-ring (bicyclic) bond motifs is 1. The first-order chi connectivity index (χ1) is 15.7. The van der Waals surface area contributed by atoms with Crippen molar-refractivity contribution in [2.45, 2.75) is 40.7 Å². The number of aryl methyl sites for hydroxylation is 3. The van der Waals surface area contributed by atoms with E-state index in [0.717, 1.165) is 4.57 Å². The summed E-state index contributed by atoms with van der Waals surface area (Å²) >= 11 is 6.33. The van der Waals surface area contributed by atoms with E-state index in [1.165, 1.54) is 4.57 Å². The van der Waals surface area contributed by atoms with Crippen molar-refractivity contribution >= 4 is 34.4 Å². The molecule has 1 N–H and O–H groups in total. The van der Waals surface area contributed by atoms with Gasteiger partial charge in [0.05, 0.1) is 40.4 Å². The summed E-state index contributed by atoms with van der Waals surface area (Å²) < 4.78 is 12.8. The Morgan fingerprint density at radius 2 is 1.76 bits per heavy atom. The van der Waals surface area contributed by atoms with Crippen LogP contribution in [0.2, 0.25) is 5.02 Å². The number of benzene rings is 2. The van der Waals surface area contributed by atoms with E-state index in [9.17, 15) is 14.4 Å². The molecule has 3 rings (SSSR count). The topological polar surface area (TPSA) is 103 Å². The van der Waals surface area contributed by atoms with Crippen LogP contribution >= 0.6 is 11.6 Å². The van der Waals surface area contributed by atoms with E-state index in [1.54, 1.807) is 58.0 Å². The number of halogens is 1. The van der Waals surface area contributed by atoms with Crippen molar-refractivity contribution in [3.8, 4) is 5.69 Å². The first kappa shape index (κ1) is 24.3. The fourth-order valence-electron chi connectivity index (χ4n) is 3.91. The fraction of sp³-hybridized carbons (Fsp3) is 0.333. The molecule has 0 saturated heterocycles. The van der Waals surface area contributed by atoms with E-state index in [1.807, 2.05) is 0 Å². The summed E-state index contributed by atoms with van der Waals surface area (Å²) in [5, 5.41) is 8.39. The SMILES string of the molecule is CCOC(=N)CCn1c(=O)n(-c2ccccc2Cl)c(=O)c2c(C)c(C(=O)OCC)c(C)cc21. The van der Waals surface area contributed by atoms with Gasteiger partial charge >= 0.3 is 11.7 Å². The zero-order valence-corrected chi connectivity index (χ0v) is 19.8. The van der Waals surface area contributed by atoms with Crippen molar-refractivity contribution < 1.29 is 14.3 Å². The van der Waals surface area contributed by atoms with E-state index in [2.05, 4.69) is 0 Å². The highest BCUT2D eigenvalue weighted by Crippen LogP contribution is 2.25. The summed E-state index contributed by atoms with van der Waals surface area (Å²) in [7, 11) is 0.